The van der Waals surface area contributed by atoms with Crippen molar-refractivity contribution in [1.82, 2.24) is 9.80 Å². The third kappa shape index (κ3) is 6.20. The molecule has 0 saturated carbocycles. The first-order valence-electron chi connectivity index (χ1n) is 7.92. The molecule has 1 saturated heterocycles. The Labute approximate surface area is 123 Å². The standard InChI is InChI=1S/C15H31N3O2/c1-13(5-3-6-14(2)16)15(20)18-8-4-7-17(9-10-18)11-12-19/h13-14,19H,3-12,16H2,1-2H3. The van der Waals surface area contributed by atoms with E-state index in [-0.39, 0.29) is 24.5 Å². The summed E-state index contributed by atoms with van der Waals surface area (Å²) in [7, 11) is 0. The van der Waals surface area contributed by atoms with Crippen LogP contribution in [0.3, 0.4) is 0 Å². The predicted octanol–water partition coefficient (Wildman–Crippen LogP) is 0.667. The van der Waals surface area contributed by atoms with Gasteiger partial charge in [-0.15, -0.1) is 0 Å². The molecule has 1 fully saturated rings. The van der Waals surface area contributed by atoms with Crippen LogP contribution in [0.4, 0.5) is 0 Å². The molecule has 0 aromatic heterocycles. The Morgan fingerprint density at radius 1 is 1.20 bits per heavy atom. The quantitative estimate of drug-likeness (QED) is 0.721. The van der Waals surface area contributed by atoms with Crippen molar-refractivity contribution in [2.45, 2.75) is 45.6 Å². The molecular formula is C15H31N3O2. The summed E-state index contributed by atoms with van der Waals surface area (Å²) in [4.78, 5) is 16.6. The van der Waals surface area contributed by atoms with E-state index in [0.717, 1.165) is 51.9 Å². The highest BCUT2D eigenvalue weighted by atomic mass is 16.3. The normalized spacial score (nSPS) is 20.5. The van der Waals surface area contributed by atoms with Gasteiger partial charge in [0.2, 0.25) is 5.91 Å². The maximum Gasteiger partial charge on any atom is 0.225 e. The molecule has 3 N–H and O–H groups in total. The molecule has 1 heterocycles. The SMILES string of the molecule is CC(N)CCCC(C)C(=O)N1CCCN(CCO)CC1. The van der Waals surface area contributed by atoms with Crippen LogP contribution < -0.4 is 5.73 Å². The summed E-state index contributed by atoms with van der Waals surface area (Å²) in [5, 5.41) is 8.98. The first-order chi connectivity index (χ1) is 9.54. The van der Waals surface area contributed by atoms with Crippen molar-refractivity contribution in [2.24, 2.45) is 11.7 Å². The average Bonchev–Trinajstić information content (AvgIpc) is 2.63. The third-order valence-electron chi connectivity index (χ3n) is 4.03. The van der Waals surface area contributed by atoms with E-state index in [0.29, 0.717) is 6.54 Å². The number of nitrogens with zero attached hydrogens (tertiary/aromatic N) is 2. The average molecular weight is 285 g/mol. The van der Waals surface area contributed by atoms with Crippen LogP contribution in [-0.2, 0) is 4.79 Å². The number of aliphatic hydroxyl groups is 1. The lowest BCUT2D eigenvalue weighted by Gasteiger charge is -2.24. The third-order valence-corrected chi connectivity index (χ3v) is 4.03. The fourth-order valence-corrected chi connectivity index (χ4v) is 2.74. The second-order valence-electron chi connectivity index (χ2n) is 6.05. The second-order valence-corrected chi connectivity index (χ2v) is 6.05. The molecule has 20 heavy (non-hydrogen) atoms. The minimum absolute atomic E-state index is 0.0955. The molecule has 2 unspecified atom stereocenters. The van der Waals surface area contributed by atoms with Crippen molar-refractivity contribution in [2.75, 3.05) is 39.3 Å². The summed E-state index contributed by atoms with van der Waals surface area (Å²) in [6.45, 7) is 8.43. The van der Waals surface area contributed by atoms with Crippen molar-refractivity contribution < 1.29 is 9.90 Å². The molecule has 0 aromatic rings. The molecule has 118 valence electrons. The Hall–Kier alpha value is -0.650. The molecular weight excluding hydrogens is 254 g/mol. The Morgan fingerprint density at radius 2 is 1.95 bits per heavy atom. The van der Waals surface area contributed by atoms with Crippen molar-refractivity contribution in [3.05, 3.63) is 0 Å². The van der Waals surface area contributed by atoms with E-state index in [2.05, 4.69) is 4.90 Å². The van der Waals surface area contributed by atoms with E-state index >= 15 is 0 Å². The zero-order valence-corrected chi connectivity index (χ0v) is 13.1. The summed E-state index contributed by atoms with van der Waals surface area (Å²) < 4.78 is 0. The van der Waals surface area contributed by atoms with Gasteiger partial charge in [-0.3, -0.25) is 9.69 Å². The van der Waals surface area contributed by atoms with Gasteiger partial charge >= 0.3 is 0 Å². The van der Waals surface area contributed by atoms with Crippen molar-refractivity contribution in [3.63, 3.8) is 0 Å². The van der Waals surface area contributed by atoms with Crippen molar-refractivity contribution in [1.29, 1.82) is 0 Å². The molecule has 0 spiro atoms. The molecule has 2 atom stereocenters. The Balaban J connectivity index is 2.34. The summed E-state index contributed by atoms with van der Waals surface area (Å²) >= 11 is 0. The van der Waals surface area contributed by atoms with Gasteiger partial charge in [0.1, 0.15) is 0 Å². The van der Waals surface area contributed by atoms with Gasteiger partial charge in [-0.05, 0) is 32.7 Å². The summed E-state index contributed by atoms with van der Waals surface area (Å²) in [5.41, 5.74) is 5.74. The van der Waals surface area contributed by atoms with Gasteiger partial charge in [-0.2, -0.15) is 0 Å². The number of nitrogens with two attached hydrogens (primary N) is 1. The van der Waals surface area contributed by atoms with Gasteiger partial charge < -0.3 is 15.7 Å². The molecule has 1 amide bonds. The number of β-amino-alcohol motifs (C(OH)–C–C–N with tert-alkyl or cyclic N) is 1. The summed E-state index contributed by atoms with van der Waals surface area (Å²) in [6, 6.07) is 0.225. The van der Waals surface area contributed by atoms with Crippen LogP contribution in [0.5, 0.6) is 0 Å². The summed E-state index contributed by atoms with van der Waals surface area (Å²) in [5.74, 6) is 0.374. The van der Waals surface area contributed by atoms with Crippen LogP contribution in [0, 0.1) is 5.92 Å². The maximum atomic E-state index is 12.4. The van der Waals surface area contributed by atoms with E-state index in [1.165, 1.54) is 0 Å². The van der Waals surface area contributed by atoms with Crippen LogP contribution in [0.25, 0.3) is 0 Å². The van der Waals surface area contributed by atoms with Crippen LogP contribution in [0.1, 0.15) is 39.5 Å². The van der Waals surface area contributed by atoms with Crippen molar-refractivity contribution in [3.8, 4) is 0 Å². The highest BCUT2D eigenvalue weighted by molar-refractivity contribution is 5.78. The molecule has 5 heteroatoms. The lowest BCUT2D eigenvalue weighted by atomic mass is 10.0. The molecule has 1 aliphatic rings. The number of aliphatic hydroxyl groups excluding tert-OH is 1. The zero-order valence-electron chi connectivity index (χ0n) is 13.1. The minimum Gasteiger partial charge on any atom is -0.395 e. The number of amides is 1. The smallest absolute Gasteiger partial charge is 0.225 e. The molecule has 5 nitrogen and oxygen atoms in total. The Kier molecular flexibility index (Phi) is 8.11. The van der Waals surface area contributed by atoms with Crippen LogP contribution in [0.2, 0.25) is 0 Å². The van der Waals surface area contributed by atoms with Gasteiger partial charge in [0.25, 0.3) is 0 Å². The largest absolute Gasteiger partial charge is 0.395 e. The number of carbonyl (C=O) groups excluding carboxylic acids is 1. The monoisotopic (exact) mass is 285 g/mol. The fourth-order valence-electron chi connectivity index (χ4n) is 2.74. The first kappa shape index (κ1) is 17.4. The topological polar surface area (TPSA) is 69.8 Å². The highest BCUT2D eigenvalue weighted by Gasteiger charge is 2.22. The van der Waals surface area contributed by atoms with Gasteiger partial charge in [0.15, 0.2) is 0 Å². The van der Waals surface area contributed by atoms with E-state index in [9.17, 15) is 4.79 Å². The Bertz CT molecular complexity index is 284. The van der Waals surface area contributed by atoms with E-state index in [4.69, 9.17) is 10.8 Å². The molecule has 0 bridgehead atoms. The van der Waals surface area contributed by atoms with Gasteiger partial charge in [-0.1, -0.05) is 13.3 Å². The number of carbonyl (C=O) groups is 1. The molecule has 0 radical (unpaired) electrons. The first-order valence-corrected chi connectivity index (χ1v) is 7.92. The molecule has 1 rings (SSSR count). The van der Waals surface area contributed by atoms with Crippen LogP contribution in [0.15, 0.2) is 0 Å². The van der Waals surface area contributed by atoms with Gasteiger partial charge in [-0.25, -0.2) is 0 Å². The maximum absolute atomic E-state index is 12.4. The molecule has 0 aromatic carbocycles. The van der Waals surface area contributed by atoms with Gasteiger partial charge in [0.05, 0.1) is 6.61 Å². The molecule has 1 aliphatic heterocycles. The summed E-state index contributed by atoms with van der Waals surface area (Å²) in [6.07, 6.45) is 3.94. The van der Waals surface area contributed by atoms with Crippen LogP contribution >= 0.6 is 0 Å². The number of hydrogen-bond acceptors (Lipinski definition) is 4. The zero-order chi connectivity index (χ0) is 15.0. The van der Waals surface area contributed by atoms with Gasteiger partial charge in [0, 0.05) is 38.1 Å². The van der Waals surface area contributed by atoms with Crippen LogP contribution in [-0.4, -0.2) is 66.2 Å². The fraction of sp³-hybridized carbons (Fsp3) is 0.933. The minimum atomic E-state index is 0.0955. The lowest BCUT2D eigenvalue weighted by Crippen LogP contribution is -2.38. The van der Waals surface area contributed by atoms with E-state index < -0.39 is 0 Å². The Morgan fingerprint density at radius 3 is 2.60 bits per heavy atom. The number of rotatable bonds is 7. The predicted molar refractivity (Wildman–Crippen MR) is 81.4 cm³/mol. The highest BCUT2D eigenvalue weighted by Crippen LogP contribution is 2.14. The molecule has 0 aliphatic carbocycles. The lowest BCUT2D eigenvalue weighted by molar-refractivity contribution is -0.135. The van der Waals surface area contributed by atoms with Crippen molar-refractivity contribution >= 4 is 5.91 Å². The van der Waals surface area contributed by atoms with E-state index in [1.807, 2.05) is 18.7 Å². The van der Waals surface area contributed by atoms with E-state index in [1.54, 1.807) is 0 Å². The number of hydrogen-bond donors (Lipinski definition) is 2. The second kappa shape index (κ2) is 9.32.